The topological polar surface area (TPSA) is 77.2 Å². The molecule has 0 atom stereocenters. The van der Waals surface area contributed by atoms with Crippen molar-refractivity contribution in [2.75, 3.05) is 0 Å². The molecule has 2 heterocycles. The van der Waals surface area contributed by atoms with Crippen molar-refractivity contribution in [1.82, 2.24) is 14.8 Å². The van der Waals surface area contributed by atoms with Gasteiger partial charge in [0.25, 0.3) is 0 Å². The summed E-state index contributed by atoms with van der Waals surface area (Å²) in [4.78, 5) is 15.3. The second-order valence-corrected chi connectivity index (χ2v) is 6.55. The van der Waals surface area contributed by atoms with Crippen molar-refractivity contribution in [3.8, 4) is 11.8 Å². The Morgan fingerprint density at radius 1 is 1.36 bits per heavy atom. The molecule has 0 saturated heterocycles. The van der Waals surface area contributed by atoms with E-state index in [-0.39, 0.29) is 22.5 Å². The van der Waals surface area contributed by atoms with Gasteiger partial charge in [0, 0.05) is 11.8 Å². The highest BCUT2D eigenvalue weighted by molar-refractivity contribution is 6.35. The second kappa shape index (κ2) is 5.78. The van der Waals surface area contributed by atoms with E-state index < -0.39 is 11.5 Å². The quantitative estimate of drug-likeness (QED) is 0.905. The van der Waals surface area contributed by atoms with Gasteiger partial charge in [-0.1, -0.05) is 23.2 Å². The molecule has 2 rings (SSSR count). The number of hydrogen-bond donors (Lipinski definition) is 1. The number of nitrogens with zero attached hydrogens (tertiary/aromatic N) is 3. The van der Waals surface area contributed by atoms with Gasteiger partial charge in [0.1, 0.15) is 5.02 Å². The number of ether oxygens (including phenoxy) is 1. The molecule has 0 spiro atoms. The molecular weight excluding hydrogens is 329 g/mol. The first kappa shape index (κ1) is 16.6. The van der Waals surface area contributed by atoms with Gasteiger partial charge in [0.2, 0.25) is 11.8 Å². The molecule has 8 heteroatoms. The molecule has 0 radical (unpaired) electrons. The van der Waals surface area contributed by atoms with E-state index in [4.69, 9.17) is 27.9 Å². The summed E-state index contributed by atoms with van der Waals surface area (Å²) in [6.45, 7) is 7.27. The predicted octanol–water partition coefficient (Wildman–Crippen LogP) is 4.14. The molecule has 0 aromatic carbocycles. The van der Waals surface area contributed by atoms with Crippen molar-refractivity contribution < 1.29 is 14.6 Å². The van der Waals surface area contributed by atoms with Crippen LogP contribution in [0.25, 0.3) is 0 Å². The summed E-state index contributed by atoms with van der Waals surface area (Å²) in [7, 11) is 0. The van der Waals surface area contributed by atoms with Crippen LogP contribution in [0, 0.1) is 6.92 Å². The zero-order valence-electron chi connectivity index (χ0n) is 12.5. The fraction of sp³-hybridized carbons (Fsp3) is 0.357. The van der Waals surface area contributed by atoms with Gasteiger partial charge in [-0.25, -0.2) is 14.5 Å². The first-order valence-corrected chi connectivity index (χ1v) is 7.19. The molecule has 0 aliphatic rings. The Morgan fingerprint density at radius 2 is 2.00 bits per heavy atom. The van der Waals surface area contributed by atoms with Crippen molar-refractivity contribution in [1.29, 1.82) is 0 Å². The maximum atomic E-state index is 11.3. The number of halogens is 2. The maximum absolute atomic E-state index is 11.3. The van der Waals surface area contributed by atoms with Crippen LogP contribution >= 0.6 is 23.2 Å². The first-order chi connectivity index (χ1) is 10.1. The lowest BCUT2D eigenvalue weighted by Crippen LogP contribution is -2.24. The van der Waals surface area contributed by atoms with Crippen LogP contribution in [-0.4, -0.2) is 25.8 Å². The van der Waals surface area contributed by atoms with Gasteiger partial charge in [0.05, 0.1) is 10.6 Å². The van der Waals surface area contributed by atoms with Crippen molar-refractivity contribution in [3.05, 3.63) is 33.6 Å². The monoisotopic (exact) mass is 343 g/mol. The molecule has 22 heavy (non-hydrogen) atoms. The predicted molar refractivity (Wildman–Crippen MR) is 83.3 cm³/mol. The molecule has 0 saturated carbocycles. The number of aromatic carboxylic acids is 1. The number of hydrogen-bond acceptors (Lipinski definition) is 4. The van der Waals surface area contributed by atoms with Crippen LogP contribution in [0.3, 0.4) is 0 Å². The molecule has 2 aromatic rings. The molecule has 0 fully saturated rings. The molecule has 0 aliphatic heterocycles. The highest BCUT2D eigenvalue weighted by Gasteiger charge is 2.28. The van der Waals surface area contributed by atoms with Gasteiger partial charge in [-0.3, -0.25) is 0 Å². The summed E-state index contributed by atoms with van der Waals surface area (Å²) in [5.41, 5.74) is -0.155. The minimum atomic E-state index is -1.12. The van der Waals surface area contributed by atoms with E-state index in [1.54, 1.807) is 6.92 Å². The Morgan fingerprint density at radius 3 is 2.50 bits per heavy atom. The number of aromatic nitrogens is 3. The minimum Gasteiger partial charge on any atom is -0.476 e. The molecule has 0 bridgehead atoms. The minimum absolute atomic E-state index is 0.0741. The molecule has 6 nitrogen and oxygen atoms in total. The number of carbonyl (C=O) groups is 1. The van der Waals surface area contributed by atoms with Crippen molar-refractivity contribution in [3.63, 3.8) is 0 Å². The van der Waals surface area contributed by atoms with Gasteiger partial charge in [0.15, 0.2) is 5.69 Å². The summed E-state index contributed by atoms with van der Waals surface area (Å²) in [5.74, 6) is -0.710. The molecule has 0 amide bonds. The maximum Gasteiger partial charge on any atom is 0.356 e. The summed E-state index contributed by atoms with van der Waals surface area (Å²) in [5, 5.41) is 14.0. The zero-order valence-corrected chi connectivity index (χ0v) is 14.0. The summed E-state index contributed by atoms with van der Waals surface area (Å²) >= 11 is 11.9. The van der Waals surface area contributed by atoms with Crippen LogP contribution in [0.2, 0.25) is 10.0 Å². The normalized spacial score (nSPS) is 11.5. The SMILES string of the molecule is Cc1c(C(=O)O)nn(C(C)(C)C)c1Oc1ncc(Cl)cc1Cl. The van der Waals surface area contributed by atoms with Crippen LogP contribution in [-0.2, 0) is 5.54 Å². The van der Waals surface area contributed by atoms with Gasteiger partial charge < -0.3 is 9.84 Å². The van der Waals surface area contributed by atoms with E-state index in [2.05, 4.69) is 10.1 Å². The third-order valence-corrected chi connectivity index (χ3v) is 3.35. The van der Waals surface area contributed by atoms with Gasteiger partial charge in [-0.15, -0.1) is 0 Å². The fourth-order valence-corrected chi connectivity index (χ4v) is 2.25. The van der Waals surface area contributed by atoms with E-state index in [9.17, 15) is 9.90 Å². The second-order valence-electron chi connectivity index (χ2n) is 5.71. The van der Waals surface area contributed by atoms with Crippen LogP contribution in [0.4, 0.5) is 0 Å². The number of carboxylic acids is 1. The third-order valence-electron chi connectivity index (χ3n) is 2.87. The van der Waals surface area contributed by atoms with Crippen LogP contribution < -0.4 is 4.74 Å². The van der Waals surface area contributed by atoms with Crippen molar-refractivity contribution >= 4 is 29.2 Å². The van der Waals surface area contributed by atoms with E-state index >= 15 is 0 Å². The van der Waals surface area contributed by atoms with E-state index in [1.807, 2.05) is 20.8 Å². The zero-order chi connectivity index (χ0) is 16.7. The average molecular weight is 344 g/mol. The van der Waals surface area contributed by atoms with Crippen LogP contribution in [0.1, 0.15) is 36.8 Å². The highest BCUT2D eigenvalue weighted by atomic mass is 35.5. The number of rotatable bonds is 3. The summed E-state index contributed by atoms with van der Waals surface area (Å²) < 4.78 is 7.22. The molecule has 2 aromatic heterocycles. The fourth-order valence-electron chi connectivity index (χ4n) is 1.83. The lowest BCUT2D eigenvalue weighted by Gasteiger charge is -2.22. The molecule has 0 aliphatic carbocycles. The van der Waals surface area contributed by atoms with Crippen molar-refractivity contribution in [2.24, 2.45) is 0 Å². The number of carboxylic acid groups (broad SMARTS) is 1. The Hall–Kier alpha value is -1.79. The summed E-state index contributed by atoms with van der Waals surface area (Å²) in [6.07, 6.45) is 1.40. The first-order valence-electron chi connectivity index (χ1n) is 6.43. The molecular formula is C14H15Cl2N3O3. The Kier molecular flexibility index (Phi) is 4.35. The number of pyridine rings is 1. The largest absolute Gasteiger partial charge is 0.476 e. The van der Waals surface area contributed by atoms with Gasteiger partial charge in [-0.05, 0) is 33.8 Å². The standard InChI is InChI=1S/C14H15Cl2N3O3/c1-7-10(13(20)21)18-19(14(2,3)4)12(7)22-11-9(16)5-8(15)6-17-11/h5-6H,1-4H3,(H,20,21). The van der Waals surface area contributed by atoms with Gasteiger partial charge in [-0.2, -0.15) is 5.10 Å². The molecule has 0 unspecified atom stereocenters. The van der Waals surface area contributed by atoms with E-state index in [0.29, 0.717) is 10.6 Å². The average Bonchev–Trinajstić information content (AvgIpc) is 2.70. The third kappa shape index (κ3) is 3.18. The van der Waals surface area contributed by atoms with E-state index in [1.165, 1.54) is 16.9 Å². The Balaban J connectivity index is 2.56. The van der Waals surface area contributed by atoms with Crippen LogP contribution in [0.5, 0.6) is 11.8 Å². The van der Waals surface area contributed by atoms with Gasteiger partial charge >= 0.3 is 5.97 Å². The smallest absolute Gasteiger partial charge is 0.356 e. The molecule has 118 valence electrons. The Labute approximate surface area is 137 Å². The lowest BCUT2D eigenvalue weighted by atomic mass is 10.1. The highest BCUT2D eigenvalue weighted by Crippen LogP contribution is 2.34. The molecule has 1 N–H and O–H groups in total. The lowest BCUT2D eigenvalue weighted by molar-refractivity contribution is 0.0688. The Bertz CT molecular complexity index is 736. The van der Waals surface area contributed by atoms with E-state index in [0.717, 1.165) is 0 Å². The van der Waals surface area contributed by atoms with Crippen LogP contribution in [0.15, 0.2) is 12.3 Å². The van der Waals surface area contributed by atoms with Crippen molar-refractivity contribution in [2.45, 2.75) is 33.2 Å². The summed E-state index contributed by atoms with van der Waals surface area (Å²) in [6, 6.07) is 1.50.